The number of aliphatic hydroxyl groups excluding tert-OH is 12. The predicted molar refractivity (Wildman–Crippen MR) is 429 cm³/mol. The number of amides is 6. The van der Waals surface area contributed by atoms with Crippen molar-refractivity contribution in [2.75, 3.05) is 125 Å². The van der Waals surface area contributed by atoms with E-state index in [9.17, 15) is 104 Å². The Balaban J connectivity index is 1.54. The molecule has 0 aromatic rings. The third-order valence-corrected chi connectivity index (χ3v) is 23.9. The van der Waals surface area contributed by atoms with Crippen molar-refractivity contribution in [2.24, 2.45) is 0 Å². The minimum absolute atomic E-state index is 0.00512. The van der Waals surface area contributed by atoms with E-state index in [0.29, 0.717) is 90.1 Å². The second-order valence-electron chi connectivity index (χ2n) is 32.0. The standard InChI is InChI=1S/C80H147N6O31P/c1-79(2,3)118(4,107)114-46-22-13-9-11-15-29-56(90)28-14-10-7-5-6-8-12-16-34-66(97)86-80(53-108-47-35-63(94)81-38-21-17-30-57(91)31-18-23-43-111-76-73(104)70(101)67(98)58(50-87)115-76,54-109-48-36-64(95)84-41-26-39-82-61(92)32-19-24-44-112-77-74(105)71(102)68(99)59(51-88)116-77)55-110-49-37-65(96)85-42-27-40-83-62(93)33-20-25-45-113-78-75(106)72(103)69(100)60(52-89)117-78/h58-60,67-78,87-89,98-106H,5-55H2,1-4H3,(H,81,94)(H,82,92)(H,83,93)(H,84,95)(H,85,96)(H,86,97)/t58?,59?,60?,67-,68-,69-,70?,71?,72?,73-,74-,75-,76+,77+,78+,80?,118?/m1/s1. The molecule has 0 aromatic carbocycles. The Morgan fingerprint density at radius 3 is 0.907 bits per heavy atom. The van der Waals surface area contributed by atoms with Crippen LogP contribution in [-0.2, 0) is 90.1 Å². The summed E-state index contributed by atoms with van der Waals surface area (Å²) in [5, 5.41) is 136. The molecule has 18 N–H and O–H groups in total. The highest BCUT2D eigenvalue weighted by molar-refractivity contribution is 7.59. The molecular formula is C80H147N6O31P. The van der Waals surface area contributed by atoms with Gasteiger partial charge in [-0.2, -0.15) is 0 Å². The highest BCUT2D eigenvalue weighted by Gasteiger charge is 2.47. The predicted octanol–water partition coefficient (Wildman–Crippen LogP) is 0.656. The fourth-order valence-electron chi connectivity index (χ4n) is 12.8. The average molecular weight is 1720 g/mol. The highest BCUT2D eigenvalue weighted by Crippen LogP contribution is 2.55. The van der Waals surface area contributed by atoms with Crippen molar-refractivity contribution in [3.05, 3.63) is 0 Å². The fourth-order valence-corrected chi connectivity index (χ4v) is 13.7. The Kier molecular flexibility index (Phi) is 57.1. The van der Waals surface area contributed by atoms with Crippen LogP contribution in [-0.4, -0.2) is 336 Å². The van der Waals surface area contributed by atoms with Crippen LogP contribution in [0.2, 0.25) is 0 Å². The Bertz CT molecular complexity index is 2600. The van der Waals surface area contributed by atoms with Crippen molar-refractivity contribution in [2.45, 2.75) is 335 Å². The summed E-state index contributed by atoms with van der Waals surface area (Å²) in [4.78, 5) is 104. The second-order valence-corrected chi connectivity index (χ2v) is 35.3. The van der Waals surface area contributed by atoms with E-state index >= 15 is 0 Å². The topological polar surface area (TPSA) is 561 Å². The van der Waals surface area contributed by atoms with E-state index in [1.807, 2.05) is 20.8 Å². The zero-order valence-corrected chi connectivity index (χ0v) is 71.2. The molecule has 3 rings (SSSR count). The van der Waals surface area contributed by atoms with E-state index in [-0.39, 0.29) is 196 Å². The summed E-state index contributed by atoms with van der Waals surface area (Å²) in [6, 6.07) is 0. The van der Waals surface area contributed by atoms with Crippen LogP contribution < -0.4 is 31.9 Å². The third-order valence-electron chi connectivity index (χ3n) is 20.8. The van der Waals surface area contributed by atoms with Crippen LogP contribution in [0.25, 0.3) is 0 Å². The van der Waals surface area contributed by atoms with Gasteiger partial charge in [-0.05, 0) is 89.9 Å². The molecule has 688 valence electrons. The number of carbonyl (C=O) groups excluding carboxylic acids is 8. The number of rotatable bonds is 70. The first-order valence-electron chi connectivity index (χ1n) is 42.8. The number of ether oxygens (including phenoxy) is 9. The lowest BCUT2D eigenvalue weighted by atomic mass is 9.99. The second kappa shape index (κ2) is 62.6. The van der Waals surface area contributed by atoms with E-state index in [1.54, 1.807) is 6.66 Å². The van der Waals surface area contributed by atoms with Gasteiger partial charge in [0, 0.05) is 129 Å². The van der Waals surface area contributed by atoms with Crippen molar-refractivity contribution in [1.29, 1.82) is 0 Å². The van der Waals surface area contributed by atoms with Gasteiger partial charge in [0.15, 0.2) is 18.9 Å². The number of ketones is 2. The van der Waals surface area contributed by atoms with Crippen LogP contribution >= 0.6 is 7.37 Å². The number of nitrogens with one attached hydrogen (secondary N) is 6. The number of aliphatic hydroxyl groups is 12. The Labute approximate surface area is 695 Å². The minimum Gasteiger partial charge on any atom is -0.394 e. The molecule has 0 saturated carbocycles. The van der Waals surface area contributed by atoms with Gasteiger partial charge in [0.25, 0.3) is 0 Å². The Hall–Kier alpha value is -4.49. The van der Waals surface area contributed by atoms with Gasteiger partial charge in [-0.15, -0.1) is 0 Å². The summed E-state index contributed by atoms with van der Waals surface area (Å²) in [6.07, 6.45) is -3.24. The molecular weight excluding hydrogens is 1570 g/mol. The molecule has 0 radical (unpaired) electrons. The quantitative estimate of drug-likeness (QED) is 0.0294. The normalized spacial score (nSPS) is 24.5. The average Bonchev–Trinajstić information content (AvgIpc) is 0.816. The van der Waals surface area contributed by atoms with Crippen LogP contribution in [0.3, 0.4) is 0 Å². The van der Waals surface area contributed by atoms with Crippen LogP contribution in [0, 0.1) is 0 Å². The molecule has 3 saturated heterocycles. The summed E-state index contributed by atoms with van der Waals surface area (Å²) in [5.74, 6) is -1.60. The largest absolute Gasteiger partial charge is 0.394 e. The monoisotopic (exact) mass is 1720 g/mol. The molecule has 3 aliphatic rings. The highest BCUT2D eigenvalue weighted by atomic mass is 31.2. The van der Waals surface area contributed by atoms with E-state index in [2.05, 4.69) is 31.9 Å². The van der Waals surface area contributed by atoms with Gasteiger partial charge >= 0.3 is 0 Å². The summed E-state index contributed by atoms with van der Waals surface area (Å²) in [6.45, 7) is 6.63. The maximum atomic E-state index is 14.0. The molecule has 3 heterocycles. The van der Waals surface area contributed by atoms with Gasteiger partial charge in [-0.25, -0.2) is 0 Å². The van der Waals surface area contributed by atoms with E-state index in [0.717, 1.165) is 77.0 Å². The molecule has 0 bridgehead atoms. The smallest absolute Gasteiger partial charge is 0.222 e. The van der Waals surface area contributed by atoms with Crippen molar-refractivity contribution < 1.29 is 151 Å². The first-order valence-corrected chi connectivity index (χ1v) is 44.9. The first kappa shape index (κ1) is 108. The summed E-state index contributed by atoms with van der Waals surface area (Å²) >= 11 is 0. The zero-order chi connectivity index (χ0) is 87.2. The van der Waals surface area contributed by atoms with Crippen LogP contribution in [0.1, 0.15) is 233 Å². The first-order chi connectivity index (χ1) is 56.4. The lowest BCUT2D eigenvalue weighted by Crippen LogP contribution is -2.59. The number of Topliss-reactive ketones (excluding diaryl/α,β-unsaturated/α-hetero) is 2. The molecule has 6 amide bonds. The lowest BCUT2D eigenvalue weighted by molar-refractivity contribution is -0.301. The molecule has 16 atom stereocenters. The molecule has 38 heteroatoms. The van der Waals surface area contributed by atoms with E-state index in [4.69, 9.17) is 47.2 Å². The SMILES string of the molecule is CC(C)(C)P(C)(=O)OCCCCCCCC(=O)CCCCCCCCCCC(=O)NC(COCCC(=O)NCCCCC(=O)CCCCO[C@H]1OC(CO)[C@@H](O)C(O)[C@H]1O)(COCCC(=O)NCCCNC(=O)CCCCO[C@H]1OC(CO)[C@@H](O)C(O)[C@H]1O)COCCC(=O)NCCCNC(=O)CCCCO[C@H]1OC(CO)[C@@H](O)C(O)[C@H]1O. The van der Waals surface area contributed by atoms with Gasteiger partial charge in [-0.1, -0.05) is 78.6 Å². The van der Waals surface area contributed by atoms with Gasteiger partial charge in [0.05, 0.1) is 66.1 Å². The number of carbonyl (C=O) groups is 8. The molecule has 3 fully saturated rings. The van der Waals surface area contributed by atoms with Crippen LogP contribution in [0.5, 0.6) is 0 Å². The molecule has 7 unspecified atom stereocenters. The lowest BCUT2D eigenvalue weighted by Gasteiger charge is -2.39. The molecule has 0 spiro atoms. The van der Waals surface area contributed by atoms with Gasteiger partial charge in [-0.3, -0.25) is 42.9 Å². The molecule has 118 heavy (non-hydrogen) atoms. The van der Waals surface area contributed by atoms with Crippen molar-refractivity contribution in [3.8, 4) is 0 Å². The third kappa shape index (κ3) is 45.8. The number of unbranched alkanes of at least 4 members (excludes halogenated alkanes) is 15. The Morgan fingerprint density at radius 1 is 0.314 bits per heavy atom. The molecule has 37 nitrogen and oxygen atoms in total. The Morgan fingerprint density at radius 2 is 0.576 bits per heavy atom. The van der Waals surface area contributed by atoms with Gasteiger partial charge in [0.1, 0.15) is 90.4 Å². The zero-order valence-electron chi connectivity index (χ0n) is 70.3. The molecule has 3 aliphatic heterocycles. The number of hydrogen-bond donors (Lipinski definition) is 18. The van der Waals surface area contributed by atoms with Crippen LogP contribution in [0.4, 0.5) is 0 Å². The van der Waals surface area contributed by atoms with Crippen molar-refractivity contribution in [3.63, 3.8) is 0 Å². The summed E-state index contributed by atoms with van der Waals surface area (Å²) < 4.78 is 69.3. The summed E-state index contributed by atoms with van der Waals surface area (Å²) in [7, 11) is -2.67. The molecule has 0 aromatic heterocycles. The minimum atomic E-state index is -2.67. The maximum Gasteiger partial charge on any atom is 0.222 e. The van der Waals surface area contributed by atoms with Crippen LogP contribution in [0.15, 0.2) is 0 Å². The number of hydrogen-bond acceptors (Lipinski definition) is 31. The van der Waals surface area contributed by atoms with Crippen molar-refractivity contribution >= 4 is 54.4 Å². The van der Waals surface area contributed by atoms with Gasteiger partial charge < -0.3 is 140 Å². The van der Waals surface area contributed by atoms with E-state index in [1.165, 1.54) is 0 Å². The maximum absolute atomic E-state index is 14.0. The molecule has 0 aliphatic carbocycles. The van der Waals surface area contributed by atoms with Gasteiger partial charge in [0.2, 0.25) is 42.8 Å². The summed E-state index contributed by atoms with van der Waals surface area (Å²) in [5.41, 5.74) is -1.40. The fraction of sp³-hybridized carbons (Fsp3) is 0.900. The van der Waals surface area contributed by atoms with Crippen molar-refractivity contribution in [1.82, 2.24) is 31.9 Å². The van der Waals surface area contributed by atoms with E-state index < -0.39 is 125 Å².